The summed E-state index contributed by atoms with van der Waals surface area (Å²) in [5.41, 5.74) is 8.02. The summed E-state index contributed by atoms with van der Waals surface area (Å²) in [6.45, 7) is 11.2. The van der Waals surface area contributed by atoms with Crippen molar-refractivity contribution in [2.75, 3.05) is 6.54 Å². The molecule has 0 spiro atoms. The smallest absolute Gasteiger partial charge is 0.266 e. The number of aromatic nitrogens is 1. The van der Waals surface area contributed by atoms with Gasteiger partial charge in [-0.1, -0.05) is 41.1 Å². The van der Waals surface area contributed by atoms with E-state index in [9.17, 15) is 4.79 Å². The summed E-state index contributed by atoms with van der Waals surface area (Å²) in [4.78, 5) is 20.4. The molecule has 2 aromatic carbocycles. The third-order valence-electron chi connectivity index (χ3n) is 5.94. The molecule has 2 heterocycles. The number of nitrogens with zero attached hydrogens (tertiary/aromatic N) is 3. The first-order valence-corrected chi connectivity index (χ1v) is 12.8. The highest BCUT2D eigenvalue weighted by atomic mass is 79.9. The number of hydrogen-bond acceptors (Lipinski definition) is 3. The second-order valence-electron chi connectivity index (χ2n) is 8.13. The van der Waals surface area contributed by atoms with Gasteiger partial charge in [-0.25, -0.2) is 4.99 Å². The number of halogens is 1. The molecule has 0 atom stereocenters. The summed E-state index contributed by atoms with van der Waals surface area (Å²) < 4.78 is 3.32. The largest absolute Gasteiger partial charge is 0.317 e. The monoisotopic (exact) mass is 521 g/mol. The Bertz CT molecular complexity index is 1270. The number of carbonyl (C=O) groups excluding carboxylic acids is 1. The van der Waals surface area contributed by atoms with Crippen LogP contribution in [0.1, 0.15) is 41.9 Å². The predicted molar refractivity (Wildman–Crippen MR) is 144 cm³/mol. The minimum atomic E-state index is 0.00769. The molecule has 0 aliphatic carbocycles. The molecule has 3 aromatic rings. The second kappa shape index (κ2) is 9.74. The molecule has 0 N–H and O–H groups in total. The van der Waals surface area contributed by atoms with Gasteiger partial charge in [-0.2, -0.15) is 0 Å². The number of thioether (sulfide) groups is 1. The molecule has 0 saturated carbocycles. The van der Waals surface area contributed by atoms with Crippen LogP contribution in [0.15, 0.2) is 62.9 Å². The maximum atomic E-state index is 13.2. The molecule has 0 radical (unpaired) electrons. The van der Waals surface area contributed by atoms with Crippen LogP contribution in [0.5, 0.6) is 0 Å². The lowest BCUT2D eigenvalue weighted by atomic mass is 10.1. The quantitative estimate of drug-likeness (QED) is 0.329. The number of carbonyl (C=O) groups is 1. The average Bonchev–Trinajstić information content (AvgIpc) is 3.24. The van der Waals surface area contributed by atoms with E-state index in [1.54, 1.807) is 4.90 Å². The van der Waals surface area contributed by atoms with E-state index in [4.69, 9.17) is 4.99 Å². The Labute approximate surface area is 208 Å². The number of hydrogen-bond donors (Lipinski definition) is 0. The summed E-state index contributed by atoms with van der Waals surface area (Å²) in [6.07, 6.45) is 2.99. The number of para-hydroxylation sites is 1. The zero-order valence-corrected chi connectivity index (χ0v) is 22.0. The summed E-state index contributed by atoms with van der Waals surface area (Å²) in [5.74, 6) is 0.00769. The van der Waals surface area contributed by atoms with E-state index in [-0.39, 0.29) is 5.91 Å². The Kier molecular flexibility index (Phi) is 6.96. The van der Waals surface area contributed by atoms with Crippen LogP contribution in [-0.2, 0) is 11.2 Å². The first-order valence-electron chi connectivity index (χ1n) is 11.2. The SMILES string of the molecule is CCc1cccc(C)c1-n1c(C)cc(/C=C2\SC(=Nc3ccc(Br)cc3)N(CC)C2=O)c1C. The lowest BCUT2D eigenvalue weighted by Gasteiger charge is -2.17. The van der Waals surface area contributed by atoms with E-state index in [0.717, 1.165) is 38.7 Å². The number of aliphatic imine (C=N–C) groups is 1. The molecule has 1 aliphatic heterocycles. The fourth-order valence-electron chi connectivity index (χ4n) is 4.24. The van der Waals surface area contributed by atoms with Crippen LogP contribution in [0.2, 0.25) is 0 Å². The van der Waals surface area contributed by atoms with Gasteiger partial charge in [0.1, 0.15) is 0 Å². The number of aryl methyl sites for hydroxylation is 3. The molecule has 1 aromatic heterocycles. The lowest BCUT2D eigenvalue weighted by Crippen LogP contribution is -2.28. The van der Waals surface area contributed by atoms with Gasteiger partial charge in [-0.15, -0.1) is 0 Å². The van der Waals surface area contributed by atoms with Crippen LogP contribution in [0, 0.1) is 20.8 Å². The van der Waals surface area contributed by atoms with Gasteiger partial charge in [0.15, 0.2) is 5.17 Å². The summed E-state index contributed by atoms with van der Waals surface area (Å²) in [6, 6.07) is 16.4. The van der Waals surface area contributed by atoms with E-state index < -0.39 is 0 Å². The Morgan fingerprint density at radius 2 is 1.79 bits per heavy atom. The summed E-state index contributed by atoms with van der Waals surface area (Å²) in [7, 11) is 0. The van der Waals surface area contributed by atoms with Gasteiger partial charge in [-0.05, 0) is 99.0 Å². The zero-order valence-electron chi connectivity index (χ0n) is 19.6. The average molecular weight is 523 g/mol. The maximum absolute atomic E-state index is 13.2. The Morgan fingerprint density at radius 1 is 1.06 bits per heavy atom. The molecular formula is C27H28BrN3OS. The Hall–Kier alpha value is -2.57. The summed E-state index contributed by atoms with van der Waals surface area (Å²) in [5, 5.41) is 0.719. The van der Waals surface area contributed by atoms with E-state index in [1.807, 2.05) is 37.3 Å². The van der Waals surface area contributed by atoms with Gasteiger partial charge in [0.2, 0.25) is 0 Å². The number of benzene rings is 2. The van der Waals surface area contributed by atoms with Crippen molar-refractivity contribution in [3.63, 3.8) is 0 Å². The van der Waals surface area contributed by atoms with Gasteiger partial charge in [0, 0.05) is 22.4 Å². The third-order valence-corrected chi connectivity index (χ3v) is 7.47. The van der Waals surface area contributed by atoms with Crippen molar-refractivity contribution >= 4 is 50.5 Å². The zero-order chi connectivity index (χ0) is 23.7. The molecule has 33 heavy (non-hydrogen) atoms. The normalized spacial score (nSPS) is 16.4. The molecule has 170 valence electrons. The van der Waals surface area contributed by atoms with Crippen LogP contribution < -0.4 is 0 Å². The molecule has 4 nitrogen and oxygen atoms in total. The van der Waals surface area contributed by atoms with Gasteiger partial charge in [0.25, 0.3) is 5.91 Å². The molecule has 0 unspecified atom stereocenters. The standard InChI is InChI=1S/C27H28BrN3OS/c1-6-20-10-8-9-17(3)25(20)31-18(4)15-21(19(31)5)16-24-26(32)30(7-2)27(33-24)29-23-13-11-22(28)12-14-23/h8-16H,6-7H2,1-5H3/b24-16-,29-27?. The van der Waals surface area contributed by atoms with Gasteiger partial charge in [0.05, 0.1) is 16.3 Å². The third kappa shape index (κ3) is 4.59. The predicted octanol–water partition coefficient (Wildman–Crippen LogP) is 7.35. The van der Waals surface area contributed by atoms with E-state index in [0.29, 0.717) is 11.4 Å². The van der Waals surface area contributed by atoms with Crippen molar-refractivity contribution in [1.82, 2.24) is 9.47 Å². The Morgan fingerprint density at radius 3 is 2.45 bits per heavy atom. The van der Waals surface area contributed by atoms with Gasteiger partial charge >= 0.3 is 0 Å². The van der Waals surface area contributed by atoms with Crippen molar-refractivity contribution in [2.24, 2.45) is 4.99 Å². The number of amides is 1. The van der Waals surface area contributed by atoms with Gasteiger partial charge in [-0.3, -0.25) is 9.69 Å². The van der Waals surface area contributed by atoms with E-state index in [1.165, 1.54) is 28.6 Å². The first kappa shape index (κ1) is 23.6. The van der Waals surface area contributed by atoms with E-state index >= 15 is 0 Å². The minimum absolute atomic E-state index is 0.00769. The first-order chi connectivity index (χ1) is 15.8. The van der Waals surface area contributed by atoms with E-state index in [2.05, 4.69) is 72.5 Å². The summed E-state index contributed by atoms with van der Waals surface area (Å²) >= 11 is 4.90. The number of amidine groups is 1. The molecule has 1 saturated heterocycles. The second-order valence-corrected chi connectivity index (χ2v) is 10.1. The van der Waals surface area contributed by atoms with Crippen molar-refractivity contribution in [2.45, 2.75) is 41.0 Å². The highest BCUT2D eigenvalue weighted by Gasteiger charge is 2.32. The van der Waals surface area contributed by atoms with Gasteiger partial charge < -0.3 is 4.57 Å². The molecule has 1 aliphatic rings. The van der Waals surface area contributed by atoms with Crippen molar-refractivity contribution in [1.29, 1.82) is 0 Å². The molecular weight excluding hydrogens is 494 g/mol. The fraction of sp³-hybridized carbons (Fsp3) is 0.259. The molecule has 4 rings (SSSR count). The van der Waals surface area contributed by atoms with Crippen LogP contribution in [0.3, 0.4) is 0 Å². The van der Waals surface area contributed by atoms with Crippen LogP contribution in [0.25, 0.3) is 11.8 Å². The topological polar surface area (TPSA) is 37.6 Å². The van der Waals surface area contributed by atoms with Crippen LogP contribution >= 0.6 is 27.7 Å². The number of likely N-dealkylation sites (N-methyl/N-ethyl adjacent to an activating group) is 1. The Balaban J connectivity index is 1.74. The highest BCUT2D eigenvalue weighted by molar-refractivity contribution is 9.10. The maximum Gasteiger partial charge on any atom is 0.266 e. The lowest BCUT2D eigenvalue weighted by molar-refractivity contribution is -0.122. The van der Waals surface area contributed by atoms with Crippen LogP contribution in [0.4, 0.5) is 5.69 Å². The molecule has 6 heteroatoms. The minimum Gasteiger partial charge on any atom is -0.317 e. The van der Waals surface area contributed by atoms with Crippen molar-refractivity contribution < 1.29 is 4.79 Å². The fourth-order valence-corrected chi connectivity index (χ4v) is 5.56. The van der Waals surface area contributed by atoms with Crippen molar-refractivity contribution in [3.05, 3.63) is 86.0 Å². The molecule has 1 amide bonds. The number of rotatable bonds is 5. The van der Waals surface area contributed by atoms with Crippen molar-refractivity contribution in [3.8, 4) is 5.69 Å². The molecule has 0 bridgehead atoms. The highest BCUT2D eigenvalue weighted by Crippen LogP contribution is 2.36. The molecule has 1 fully saturated rings. The van der Waals surface area contributed by atoms with Crippen LogP contribution in [-0.4, -0.2) is 27.1 Å².